The Hall–Kier alpha value is -1.08. The zero-order valence-electron chi connectivity index (χ0n) is 14.4. The van der Waals surface area contributed by atoms with E-state index in [1.54, 1.807) is 0 Å². The number of hydrogen-bond donors (Lipinski definition) is 2. The zero-order chi connectivity index (χ0) is 15.9. The molecule has 1 amide bonds. The summed E-state index contributed by atoms with van der Waals surface area (Å²) in [7, 11) is 0. The molecule has 0 aromatic carbocycles. The first-order valence-electron chi connectivity index (χ1n) is 8.60. The molecule has 2 fully saturated rings. The minimum Gasteiger partial charge on any atom is -0.378 e. The summed E-state index contributed by atoms with van der Waals surface area (Å²) in [5.41, 5.74) is 1.08. The van der Waals surface area contributed by atoms with Crippen LogP contribution >= 0.6 is 24.8 Å². The fourth-order valence-corrected chi connectivity index (χ4v) is 3.18. The second-order valence-electron chi connectivity index (χ2n) is 6.28. The lowest BCUT2D eigenvalue weighted by Crippen LogP contribution is -2.36. The van der Waals surface area contributed by atoms with Crippen LogP contribution < -0.4 is 15.5 Å². The predicted molar refractivity (Wildman–Crippen MR) is 105 cm³/mol. The Bertz CT molecular complexity index is 504. The summed E-state index contributed by atoms with van der Waals surface area (Å²) >= 11 is 0. The van der Waals surface area contributed by atoms with E-state index in [1.807, 2.05) is 18.3 Å². The average Bonchev–Trinajstić information content (AvgIpc) is 2.62. The normalized spacial score (nSPS) is 18.0. The molecule has 2 aliphatic heterocycles. The van der Waals surface area contributed by atoms with Gasteiger partial charge < -0.3 is 20.3 Å². The summed E-state index contributed by atoms with van der Waals surface area (Å²) in [6.07, 6.45) is 5.74. The third-order valence-corrected chi connectivity index (χ3v) is 4.63. The van der Waals surface area contributed by atoms with E-state index in [4.69, 9.17) is 4.74 Å². The van der Waals surface area contributed by atoms with Crippen molar-refractivity contribution < 1.29 is 9.53 Å². The number of pyridine rings is 1. The largest absolute Gasteiger partial charge is 0.378 e. The van der Waals surface area contributed by atoms with Crippen molar-refractivity contribution in [3.63, 3.8) is 0 Å². The van der Waals surface area contributed by atoms with Crippen LogP contribution in [0.2, 0.25) is 0 Å². The number of halogens is 2. The number of rotatable bonds is 5. The van der Waals surface area contributed by atoms with E-state index in [2.05, 4.69) is 20.5 Å². The van der Waals surface area contributed by atoms with E-state index in [0.29, 0.717) is 18.2 Å². The molecular formula is C17H28Cl2N4O2. The molecule has 1 aromatic heterocycles. The van der Waals surface area contributed by atoms with Crippen LogP contribution in [-0.4, -0.2) is 50.3 Å². The van der Waals surface area contributed by atoms with Gasteiger partial charge in [0.15, 0.2) is 0 Å². The fraction of sp³-hybridized carbons (Fsp3) is 0.647. The molecule has 2 saturated heterocycles. The lowest BCUT2D eigenvalue weighted by Gasteiger charge is -2.28. The standard InChI is InChI=1S/C17H26N4O2.2ClH/c22-17(4-1-14-5-7-18-8-6-14)20-16-3-2-15(13-19-16)21-9-11-23-12-10-21;;/h2-3,13-14,18H,1,4-12H2,(H,19,20,22);2*1H. The molecule has 25 heavy (non-hydrogen) atoms. The van der Waals surface area contributed by atoms with Crippen molar-refractivity contribution in [1.29, 1.82) is 0 Å². The van der Waals surface area contributed by atoms with E-state index in [0.717, 1.165) is 51.5 Å². The highest BCUT2D eigenvalue weighted by Gasteiger charge is 2.15. The van der Waals surface area contributed by atoms with Gasteiger partial charge in [-0.15, -0.1) is 24.8 Å². The van der Waals surface area contributed by atoms with Crippen molar-refractivity contribution in [1.82, 2.24) is 10.3 Å². The Labute approximate surface area is 161 Å². The highest BCUT2D eigenvalue weighted by Crippen LogP contribution is 2.19. The third-order valence-electron chi connectivity index (χ3n) is 4.63. The molecule has 2 N–H and O–H groups in total. The van der Waals surface area contributed by atoms with Crippen LogP contribution in [0.3, 0.4) is 0 Å². The molecule has 0 atom stereocenters. The molecule has 2 aliphatic rings. The van der Waals surface area contributed by atoms with E-state index >= 15 is 0 Å². The number of piperidine rings is 1. The first-order chi connectivity index (χ1) is 11.3. The number of anilines is 2. The SMILES string of the molecule is Cl.Cl.O=C(CCC1CCNCC1)Nc1ccc(N2CCOCC2)cn1. The Kier molecular flexibility index (Phi) is 10.1. The van der Waals surface area contributed by atoms with Crippen molar-refractivity contribution in [2.24, 2.45) is 5.92 Å². The van der Waals surface area contributed by atoms with Crippen molar-refractivity contribution >= 4 is 42.2 Å². The van der Waals surface area contributed by atoms with Gasteiger partial charge >= 0.3 is 0 Å². The Morgan fingerprint density at radius 1 is 1.24 bits per heavy atom. The summed E-state index contributed by atoms with van der Waals surface area (Å²) < 4.78 is 5.35. The molecule has 3 rings (SSSR count). The van der Waals surface area contributed by atoms with Crippen molar-refractivity contribution in [2.45, 2.75) is 25.7 Å². The molecule has 3 heterocycles. The molecule has 0 bridgehead atoms. The summed E-state index contributed by atoms with van der Waals surface area (Å²) in [4.78, 5) is 18.7. The van der Waals surface area contributed by atoms with Crippen LogP contribution in [0, 0.1) is 5.92 Å². The van der Waals surface area contributed by atoms with Crippen LogP contribution in [-0.2, 0) is 9.53 Å². The summed E-state index contributed by atoms with van der Waals surface area (Å²) in [6.45, 7) is 5.46. The Morgan fingerprint density at radius 2 is 1.96 bits per heavy atom. The van der Waals surface area contributed by atoms with E-state index < -0.39 is 0 Å². The van der Waals surface area contributed by atoms with Crippen molar-refractivity contribution in [3.05, 3.63) is 18.3 Å². The van der Waals surface area contributed by atoms with Gasteiger partial charge in [-0.3, -0.25) is 4.79 Å². The van der Waals surface area contributed by atoms with Crippen LogP contribution in [0.5, 0.6) is 0 Å². The van der Waals surface area contributed by atoms with Gasteiger partial charge in [0.1, 0.15) is 5.82 Å². The third kappa shape index (κ3) is 6.98. The Morgan fingerprint density at radius 3 is 2.60 bits per heavy atom. The molecule has 0 radical (unpaired) electrons. The molecule has 142 valence electrons. The number of amides is 1. The monoisotopic (exact) mass is 390 g/mol. The van der Waals surface area contributed by atoms with Gasteiger partial charge in [-0.05, 0) is 50.4 Å². The minimum atomic E-state index is 0. The maximum Gasteiger partial charge on any atom is 0.225 e. The highest BCUT2D eigenvalue weighted by molar-refractivity contribution is 5.89. The number of carbonyl (C=O) groups is 1. The minimum absolute atomic E-state index is 0. The molecule has 1 aromatic rings. The van der Waals surface area contributed by atoms with Gasteiger partial charge in [0.25, 0.3) is 0 Å². The average molecular weight is 391 g/mol. The van der Waals surface area contributed by atoms with Crippen LogP contribution in [0.15, 0.2) is 18.3 Å². The van der Waals surface area contributed by atoms with Crippen molar-refractivity contribution in [2.75, 3.05) is 49.6 Å². The van der Waals surface area contributed by atoms with E-state index in [-0.39, 0.29) is 30.7 Å². The lowest BCUT2D eigenvalue weighted by molar-refractivity contribution is -0.116. The molecule has 0 spiro atoms. The number of nitrogens with zero attached hydrogens (tertiary/aromatic N) is 2. The van der Waals surface area contributed by atoms with Crippen molar-refractivity contribution in [3.8, 4) is 0 Å². The zero-order valence-corrected chi connectivity index (χ0v) is 16.0. The molecule has 8 heteroatoms. The van der Waals surface area contributed by atoms with Gasteiger partial charge in [-0.1, -0.05) is 0 Å². The fourth-order valence-electron chi connectivity index (χ4n) is 3.18. The molecule has 0 unspecified atom stereocenters. The topological polar surface area (TPSA) is 66.5 Å². The van der Waals surface area contributed by atoms with E-state index in [1.165, 1.54) is 12.8 Å². The number of ether oxygens (including phenoxy) is 1. The number of hydrogen-bond acceptors (Lipinski definition) is 5. The van der Waals surface area contributed by atoms with Gasteiger partial charge in [0.05, 0.1) is 25.1 Å². The molecule has 0 aliphatic carbocycles. The molecule has 0 saturated carbocycles. The van der Waals surface area contributed by atoms with Gasteiger partial charge in [0.2, 0.25) is 5.91 Å². The Balaban J connectivity index is 0.00000156. The van der Waals surface area contributed by atoms with Crippen LogP contribution in [0.25, 0.3) is 0 Å². The first kappa shape index (κ1) is 22.0. The number of nitrogens with one attached hydrogen (secondary N) is 2. The van der Waals surface area contributed by atoms with Gasteiger partial charge in [0, 0.05) is 19.5 Å². The van der Waals surface area contributed by atoms with E-state index in [9.17, 15) is 4.79 Å². The first-order valence-corrected chi connectivity index (χ1v) is 8.60. The van der Waals surface area contributed by atoms with Crippen LogP contribution in [0.1, 0.15) is 25.7 Å². The number of aromatic nitrogens is 1. The molecule has 6 nitrogen and oxygen atoms in total. The second kappa shape index (κ2) is 11.5. The van der Waals surface area contributed by atoms with Gasteiger partial charge in [-0.2, -0.15) is 0 Å². The summed E-state index contributed by atoms with van der Waals surface area (Å²) in [6, 6.07) is 3.90. The lowest BCUT2D eigenvalue weighted by atomic mass is 9.93. The second-order valence-corrected chi connectivity index (χ2v) is 6.28. The number of morpholine rings is 1. The maximum atomic E-state index is 12.0. The molecular weight excluding hydrogens is 363 g/mol. The summed E-state index contributed by atoms with van der Waals surface area (Å²) in [5, 5.41) is 6.25. The maximum absolute atomic E-state index is 12.0. The predicted octanol–water partition coefficient (Wildman–Crippen LogP) is 2.48. The smallest absolute Gasteiger partial charge is 0.225 e. The quantitative estimate of drug-likeness (QED) is 0.808. The number of carbonyl (C=O) groups excluding carboxylic acids is 1. The van der Waals surface area contributed by atoms with Gasteiger partial charge in [-0.25, -0.2) is 4.98 Å². The summed E-state index contributed by atoms with van der Waals surface area (Å²) in [5.74, 6) is 1.38. The van der Waals surface area contributed by atoms with Crippen LogP contribution in [0.4, 0.5) is 11.5 Å². The highest BCUT2D eigenvalue weighted by atomic mass is 35.5.